The third-order valence-electron chi connectivity index (χ3n) is 6.18. The summed E-state index contributed by atoms with van der Waals surface area (Å²) < 4.78 is 1.94. The van der Waals surface area contributed by atoms with Crippen molar-refractivity contribution in [2.75, 3.05) is 5.32 Å². The quantitative estimate of drug-likeness (QED) is 0.559. The van der Waals surface area contributed by atoms with Crippen molar-refractivity contribution >= 4 is 23.3 Å². The Kier molecular flexibility index (Phi) is 5.27. The monoisotopic (exact) mass is 411 g/mol. The summed E-state index contributed by atoms with van der Waals surface area (Å²) in [4.78, 5) is 35.5. The van der Waals surface area contributed by atoms with E-state index in [1.165, 1.54) is 43.5 Å². The van der Waals surface area contributed by atoms with Gasteiger partial charge in [-0.15, -0.1) is 0 Å². The highest BCUT2D eigenvalue weighted by Gasteiger charge is 2.41. The van der Waals surface area contributed by atoms with Gasteiger partial charge in [0, 0.05) is 23.8 Å². The molecule has 2 N–H and O–H groups in total. The van der Waals surface area contributed by atoms with Gasteiger partial charge < -0.3 is 10.6 Å². The zero-order valence-electron chi connectivity index (χ0n) is 17.0. The highest BCUT2D eigenvalue weighted by Crippen LogP contribution is 2.51. The topological polar surface area (TPSA) is 119 Å². The average molecular weight is 411 g/mol. The molecule has 2 aliphatic carbocycles. The maximum Gasteiger partial charge on any atom is 0.270 e. The number of hydrogen-bond donors (Lipinski definition) is 2. The van der Waals surface area contributed by atoms with E-state index in [1.807, 2.05) is 17.7 Å². The molecule has 158 valence electrons. The first-order valence-electron chi connectivity index (χ1n) is 10.2. The Balaban J connectivity index is 1.42. The van der Waals surface area contributed by atoms with Crippen molar-refractivity contribution in [3.63, 3.8) is 0 Å². The van der Waals surface area contributed by atoms with Crippen molar-refractivity contribution in [3.05, 3.63) is 51.7 Å². The molecule has 2 bridgehead atoms. The molecular formula is C21H25N5O4. The van der Waals surface area contributed by atoms with Gasteiger partial charge in [0.05, 0.1) is 16.7 Å². The van der Waals surface area contributed by atoms with Gasteiger partial charge in [-0.2, -0.15) is 5.10 Å². The Morgan fingerprint density at radius 2 is 2.07 bits per heavy atom. The van der Waals surface area contributed by atoms with Crippen LogP contribution in [0.1, 0.15) is 54.7 Å². The Labute approximate surface area is 174 Å². The summed E-state index contributed by atoms with van der Waals surface area (Å²) in [6, 6.07) is 6.75. The van der Waals surface area contributed by atoms with E-state index in [2.05, 4.69) is 15.7 Å². The zero-order valence-corrected chi connectivity index (χ0v) is 17.0. The number of aryl methyl sites for hydroxylation is 1. The van der Waals surface area contributed by atoms with Gasteiger partial charge in [-0.05, 0) is 51.0 Å². The molecule has 4 atom stereocenters. The first-order valence-corrected chi connectivity index (χ1v) is 10.2. The summed E-state index contributed by atoms with van der Waals surface area (Å²) >= 11 is 0. The van der Waals surface area contributed by atoms with Crippen LogP contribution in [0.2, 0.25) is 0 Å². The number of nitro benzene ring substituents is 1. The lowest BCUT2D eigenvalue weighted by Gasteiger charge is -2.24. The number of nitro groups is 1. The molecule has 1 aromatic heterocycles. The smallest absolute Gasteiger partial charge is 0.270 e. The normalized spacial score (nSPS) is 23.2. The molecule has 0 spiro atoms. The number of carbonyl (C=O) groups is 2. The highest BCUT2D eigenvalue weighted by atomic mass is 16.6. The van der Waals surface area contributed by atoms with Crippen molar-refractivity contribution in [2.45, 2.75) is 51.6 Å². The SMILES string of the molecule is Cc1cc(NC(=O)[C@@H](C)NC(=O)c2cccc([N+](=O)[O-])c2)n([C@@H]2C[C@H]3CC[C@H]2C3)n1. The number of fused-ring (bicyclic) bond motifs is 2. The van der Waals surface area contributed by atoms with Gasteiger partial charge >= 0.3 is 0 Å². The van der Waals surface area contributed by atoms with Crippen LogP contribution >= 0.6 is 0 Å². The molecule has 2 amide bonds. The van der Waals surface area contributed by atoms with Crippen LogP contribution in [-0.2, 0) is 4.79 Å². The number of anilines is 1. The summed E-state index contributed by atoms with van der Waals surface area (Å²) in [7, 11) is 0. The zero-order chi connectivity index (χ0) is 21.4. The highest BCUT2D eigenvalue weighted by molar-refractivity contribution is 6.01. The number of amides is 2. The van der Waals surface area contributed by atoms with Gasteiger partial charge in [0.2, 0.25) is 5.91 Å². The summed E-state index contributed by atoms with van der Waals surface area (Å²) in [5, 5.41) is 21.0. The molecule has 9 heteroatoms. The van der Waals surface area contributed by atoms with E-state index in [9.17, 15) is 19.7 Å². The molecule has 0 unspecified atom stereocenters. The lowest BCUT2D eigenvalue weighted by molar-refractivity contribution is -0.384. The van der Waals surface area contributed by atoms with E-state index in [-0.39, 0.29) is 17.2 Å². The maximum absolute atomic E-state index is 12.7. The van der Waals surface area contributed by atoms with Crippen LogP contribution in [0.25, 0.3) is 0 Å². The second-order valence-corrected chi connectivity index (χ2v) is 8.35. The van der Waals surface area contributed by atoms with Crippen molar-refractivity contribution in [1.29, 1.82) is 0 Å². The number of hydrogen-bond acceptors (Lipinski definition) is 5. The third-order valence-corrected chi connectivity index (χ3v) is 6.18. The fraction of sp³-hybridized carbons (Fsp3) is 0.476. The number of nitrogens with one attached hydrogen (secondary N) is 2. The number of carbonyl (C=O) groups excluding carboxylic acids is 2. The molecular weight excluding hydrogens is 386 g/mol. The van der Waals surface area contributed by atoms with Gasteiger partial charge in [0.25, 0.3) is 11.6 Å². The van der Waals surface area contributed by atoms with Crippen molar-refractivity contribution in [3.8, 4) is 0 Å². The van der Waals surface area contributed by atoms with Crippen LogP contribution in [0.3, 0.4) is 0 Å². The molecule has 4 rings (SSSR count). The van der Waals surface area contributed by atoms with Gasteiger partial charge in [-0.25, -0.2) is 4.68 Å². The molecule has 2 aliphatic rings. The lowest BCUT2D eigenvalue weighted by atomic mass is 9.95. The van der Waals surface area contributed by atoms with E-state index in [0.29, 0.717) is 17.8 Å². The molecule has 1 aromatic carbocycles. The Morgan fingerprint density at radius 1 is 1.27 bits per heavy atom. The summed E-state index contributed by atoms with van der Waals surface area (Å²) in [6.07, 6.45) is 4.81. The fourth-order valence-corrected chi connectivity index (χ4v) is 4.71. The molecule has 0 radical (unpaired) electrons. The van der Waals surface area contributed by atoms with Crippen LogP contribution in [-0.4, -0.2) is 32.6 Å². The van der Waals surface area contributed by atoms with Crippen molar-refractivity contribution in [1.82, 2.24) is 15.1 Å². The predicted molar refractivity (Wildman–Crippen MR) is 110 cm³/mol. The van der Waals surface area contributed by atoms with E-state index in [0.717, 1.165) is 18.0 Å². The fourth-order valence-electron chi connectivity index (χ4n) is 4.71. The second kappa shape index (κ2) is 7.89. The predicted octanol–water partition coefficient (Wildman–Crippen LogP) is 3.22. The molecule has 2 fully saturated rings. The molecule has 2 aromatic rings. The van der Waals surface area contributed by atoms with E-state index >= 15 is 0 Å². The summed E-state index contributed by atoms with van der Waals surface area (Å²) in [5.41, 5.74) is 0.790. The van der Waals surface area contributed by atoms with Crippen LogP contribution in [0, 0.1) is 28.9 Å². The second-order valence-electron chi connectivity index (χ2n) is 8.35. The molecule has 0 saturated heterocycles. The number of non-ortho nitro benzene ring substituents is 1. The van der Waals surface area contributed by atoms with E-state index in [4.69, 9.17) is 0 Å². The minimum atomic E-state index is -0.819. The largest absolute Gasteiger partial charge is 0.341 e. The van der Waals surface area contributed by atoms with Gasteiger partial charge in [-0.3, -0.25) is 19.7 Å². The lowest BCUT2D eigenvalue weighted by Crippen LogP contribution is -2.42. The van der Waals surface area contributed by atoms with E-state index in [1.54, 1.807) is 6.92 Å². The van der Waals surface area contributed by atoms with E-state index < -0.39 is 16.9 Å². The minimum absolute atomic E-state index is 0.131. The molecule has 30 heavy (non-hydrogen) atoms. The first kappa shape index (κ1) is 20.1. The van der Waals surface area contributed by atoms with Gasteiger partial charge in [0.1, 0.15) is 11.9 Å². The first-order chi connectivity index (χ1) is 14.3. The number of benzene rings is 1. The number of aromatic nitrogens is 2. The van der Waals surface area contributed by atoms with Gasteiger partial charge in [-0.1, -0.05) is 12.5 Å². The van der Waals surface area contributed by atoms with Crippen LogP contribution in [0.4, 0.5) is 11.5 Å². The molecule has 2 saturated carbocycles. The number of nitrogens with zero attached hydrogens (tertiary/aromatic N) is 3. The molecule has 9 nitrogen and oxygen atoms in total. The number of rotatable bonds is 6. The Bertz CT molecular complexity index is 1000. The molecule has 1 heterocycles. The van der Waals surface area contributed by atoms with Gasteiger partial charge in [0.15, 0.2) is 0 Å². The standard InChI is InChI=1S/C21H25N5O4/c1-12-8-19(25(24-12)18-10-14-6-7-15(18)9-14)23-20(27)13(2)22-21(28)16-4-3-5-17(11-16)26(29)30/h3-5,8,11,13-15,18H,6-7,9-10H2,1-2H3,(H,22,28)(H,23,27)/t13-,14+,15+,18-/m1/s1. The van der Waals surface area contributed by atoms with Crippen molar-refractivity contribution in [2.24, 2.45) is 11.8 Å². The Hall–Kier alpha value is -3.23. The Morgan fingerprint density at radius 3 is 2.73 bits per heavy atom. The minimum Gasteiger partial charge on any atom is -0.341 e. The van der Waals surface area contributed by atoms with Crippen LogP contribution in [0.5, 0.6) is 0 Å². The molecule has 0 aliphatic heterocycles. The van der Waals surface area contributed by atoms with Crippen LogP contribution < -0.4 is 10.6 Å². The average Bonchev–Trinajstić information content (AvgIpc) is 3.43. The van der Waals surface area contributed by atoms with Crippen LogP contribution in [0.15, 0.2) is 30.3 Å². The maximum atomic E-state index is 12.7. The third kappa shape index (κ3) is 3.92. The summed E-state index contributed by atoms with van der Waals surface area (Å²) in [6.45, 7) is 3.47. The summed E-state index contributed by atoms with van der Waals surface area (Å²) in [5.74, 6) is 1.10. The van der Waals surface area contributed by atoms with Crippen molar-refractivity contribution < 1.29 is 14.5 Å².